The number of imidazole rings is 1. The molecule has 59 heavy (non-hydrogen) atoms. The topological polar surface area (TPSA) is 42.7 Å². The van der Waals surface area contributed by atoms with E-state index in [9.17, 15) is 0 Å². The third kappa shape index (κ3) is 5.27. The Kier molecular flexibility index (Phi) is 8.54. The molecule has 0 amide bonds. The Balaban J connectivity index is 0.000000140. The van der Waals surface area contributed by atoms with Crippen molar-refractivity contribution >= 4 is 67.6 Å². The Morgan fingerprint density at radius 2 is 1.42 bits per heavy atom. The van der Waals surface area contributed by atoms with Crippen molar-refractivity contribution in [1.82, 2.24) is 14.4 Å². The van der Waals surface area contributed by atoms with Crippen LogP contribution in [-0.4, -0.2) is 21.1 Å². The first-order valence-corrected chi connectivity index (χ1v) is 20.1. The van der Waals surface area contributed by atoms with E-state index in [1.807, 2.05) is 30.5 Å². The minimum Gasteiger partial charge on any atom is -0.484 e. The standard InChI is InChI=1S/C27H23N2.C25H18BN2O.Ir/c1-26(2)21-16-10-15-19-18-13-8-9-14-20(18)25-28-22(17-11-6-5-7-12-17)24(27(26,3)4)29(25)23(19)21;1-16-14-24(27-15-17(16)2)28-20-10-5-3-8-18(20)26-19-9-4-6-12-22(19)29-23-13-7-11-21(28)25(23)26;/h5-13,15-16H,1-4H3;3-10,12-15H,1-2H3;/q2*-1;. The van der Waals surface area contributed by atoms with Crippen LogP contribution in [0.4, 0.5) is 17.2 Å². The number of nitrogens with zero attached hydrogens (tertiary/aromatic N) is 4. The molecule has 7 heteroatoms. The zero-order valence-electron chi connectivity index (χ0n) is 33.9. The number of rotatable bonds is 2. The first kappa shape index (κ1) is 37.3. The Labute approximate surface area is 359 Å². The van der Waals surface area contributed by atoms with Crippen LogP contribution in [0.25, 0.3) is 38.6 Å². The van der Waals surface area contributed by atoms with Crippen molar-refractivity contribution in [2.45, 2.75) is 52.4 Å². The summed E-state index contributed by atoms with van der Waals surface area (Å²) < 4.78 is 8.73. The van der Waals surface area contributed by atoms with Gasteiger partial charge in [-0.05, 0) is 59.6 Å². The number of fused-ring (bicyclic) bond motifs is 7. The molecule has 3 aliphatic rings. The van der Waals surface area contributed by atoms with Crippen LogP contribution in [0.15, 0.2) is 140 Å². The maximum atomic E-state index is 6.30. The van der Waals surface area contributed by atoms with E-state index >= 15 is 0 Å². The monoisotopic (exact) mass is 941 g/mol. The van der Waals surface area contributed by atoms with Crippen molar-refractivity contribution < 1.29 is 24.8 Å². The molecule has 6 heterocycles. The first-order chi connectivity index (χ1) is 28.1. The Morgan fingerprint density at radius 3 is 2.24 bits per heavy atom. The average Bonchev–Trinajstić information content (AvgIpc) is 3.67. The fraction of sp³-hybridized carbons (Fsp3) is 0.154. The van der Waals surface area contributed by atoms with Gasteiger partial charge in [-0.15, -0.1) is 41.2 Å². The smallest absolute Gasteiger partial charge is 0.189 e. The van der Waals surface area contributed by atoms with Gasteiger partial charge in [-0.25, -0.2) is 4.98 Å². The molecule has 3 aromatic heterocycles. The van der Waals surface area contributed by atoms with Gasteiger partial charge in [-0.3, -0.25) is 4.98 Å². The molecule has 0 atom stereocenters. The molecule has 0 saturated carbocycles. The van der Waals surface area contributed by atoms with E-state index in [1.165, 1.54) is 55.2 Å². The molecule has 0 fully saturated rings. The summed E-state index contributed by atoms with van der Waals surface area (Å²) in [7, 11) is 0. The molecular formula is C52H41BIrN4O-2. The van der Waals surface area contributed by atoms with Crippen molar-refractivity contribution in [3.8, 4) is 22.8 Å². The van der Waals surface area contributed by atoms with Gasteiger partial charge in [-0.2, -0.15) is 12.1 Å². The van der Waals surface area contributed by atoms with Gasteiger partial charge in [0.2, 0.25) is 0 Å². The minimum atomic E-state index is -0.0959. The Hall–Kier alpha value is -6.01. The molecule has 5 nitrogen and oxygen atoms in total. The second-order valence-corrected chi connectivity index (χ2v) is 16.9. The van der Waals surface area contributed by atoms with E-state index < -0.39 is 0 Å². The van der Waals surface area contributed by atoms with Crippen LogP contribution in [0.2, 0.25) is 0 Å². The predicted molar refractivity (Wildman–Crippen MR) is 239 cm³/mol. The summed E-state index contributed by atoms with van der Waals surface area (Å²) in [6.07, 6.45) is 1.94. The van der Waals surface area contributed by atoms with Crippen molar-refractivity contribution in [3.63, 3.8) is 0 Å². The molecule has 0 saturated heterocycles. The van der Waals surface area contributed by atoms with Crippen LogP contribution in [0.3, 0.4) is 0 Å². The van der Waals surface area contributed by atoms with Gasteiger partial charge in [0.1, 0.15) is 11.6 Å². The molecule has 6 aromatic carbocycles. The summed E-state index contributed by atoms with van der Waals surface area (Å²) in [5, 5.41) is 3.60. The summed E-state index contributed by atoms with van der Waals surface area (Å²) in [6, 6.07) is 53.6. The van der Waals surface area contributed by atoms with E-state index in [-0.39, 0.29) is 37.6 Å². The van der Waals surface area contributed by atoms with E-state index in [4.69, 9.17) is 14.7 Å². The summed E-state index contributed by atoms with van der Waals surface area (Å²) >= 11 is 0. The second kappa shape index (κ2) is 13.5. The largest absolute Gasteiger partial charge is 0.484 e. The van der Waals surface area contributed by atoms with Crippen LogP contribution >= 0.6 is 0 Å². The molecule has 289 valence electrons. The number of ether oxygens (including phenoxy) is 1. The third-order valence-electron chi connectivity index (χ3n) is 13.4. The SMILES string of the molecule is CC1(C)c2cccc3c4ccc[c-]c4c4nc(-c5ccccc5)c(n4c23)C1(C)C.Cc1cnc(N2c3[c-]ccc4c3B(c3ccccc3O4)c3ccccc32)cc1C.[Ir]. The average molecular weight is 941 g/mol. The van der Waals surface area contributed by atoms with Crippen LogP contribution in [0.5, 0.6) is 11.5 Å². The van der Waals surface area contributed by atoms with Crippen molar-refractivity contribution in [3.05, 3.63) is 174 Å². The minimum absolute atomic E-state index is 0. The van der Waals surface area contributed by atoms with Crippen LogP contribution < -0.4 is 26.0 Å². The maximum absolute atomic E-state index is 6.30. The number of hydrogen-bond acceptors (Lipinski definition) is 4. The normalized spacial score (nSPS) is 14.8. The zero-order chi connectivity index (χ0) is 39.5. The quantitative estimate of drug-likeness (QED) is 0.0984. The van der Waals surface area contributed by atoms with E-state index in [0.29, 0.717) is 0 Å². The first-order valence-electron chi connectivity index (χ1n) is 20.1. The van der Waals surface area contributed by atoms with E-state index in [0.717, 1.165) is 50.9 Å². The Morgan fingerprint density at radius 1 is 0.678 bits per heavy atom. The maximum Gasteiger partial charge on any atom is 0.189 e. The number of para-hydroxylation sites is 3. The number of anilines is 3. The number of pyridine rings is 2. The van der Waals surface area contributed by atoms with Gasteiger partial charge >= 0.3 is 0 Å². The fourth-order valence-corrected chi connectivity index (χ4v) is 9.63. The summed E-state index contributed by atoms with van der Waals surface area (Å²) in [4.78, 5) is 12.2. The van der Waals surface area contributed by atoms with E-state index in [2.05, 4.69) is 172 Å². The number of aryl methyl sites for hydroxylation is 2. The van der Waals surface area contributed by atoms with Gasteiger partial charge in [0, 0.05) is 65.3 Å². The van der Waals surface area contributed by atoms with Crippen molar-refractivity contribution in [1.29, 1.82) is 0 Å². The molecule has 12 rings (SSSR count). The number of hydrogen-bond donors (Lipinski definition) is 0. The number of benzene rings is 6. The van der Waals surface area contributed by atoms with Crippen LogP contribution in [0.1, 0.15) is 50.1 Å². The molecule has 0 N–H and O–H groups in total. The molecule has 1 radical (unpaired) electrons. The summed E-state index contributed by atoms with van der Waals surface area (Å²) in [5.74, 6) is 2.73. The molecule has 0 spiro atoms. The van der Waals surface area contributed by atoms with Crippen LogP contribution in [-0.2, 0) is 30.9 Å². The molecule has 9 aromatic rings. The molecule has 0 aliphatic carbocycles. The summed E-state index contributed by atoms with van der Waals surface area (Å²) in [5.41, 5.74) is 15.3. The van der Waals surface area contributed by atoms with Gasteiger partial charge in [0.05, 0.1) is 11.3 Å². The predicted octanol–water partition coefficient (Wildman–Crippen LogP) is 10.6. The zero-order valence-corrected chi connectivity index (χ0v) is 36.3. The molecule has 0 bridgehead atoms. The molecule has 0 unspecified atom stereocenters. The van der Waals surface area contributed by atoms with Gasteiger partial charge in [0.25, 0.3) is 0 Å². The van der Waals surface area contributed by atoms with Gasteiger partial charge in [0.15, 0.2) is 6.71 Å². The molecule has 3 aliphatic heterocycles. The third-order valence-corrected chi connectivity index (χ3v) is 13.4. The second-order valence-electron chi connectivity index (χ2n) is 16.9. The summed E-state index contributed by atoms with van der Waals surface area (Å²) in [6.45, 7) is 13.8. The molecular weight excluding hydrogens is 900 g/mol. The van der Waals surface area contributed by atoms with Crippen LogP contribution in [0, 0.1) is 26.0 Å². The van der Waals surface area contributed by atoms with Gasteiger partial charge < -0.3 is 14.0 Å². The number of aromatic nitrogens is 3. The van der Waals surface area contributed by atoms with Crippen molar-refractivity contribution in [2.75, 3.05) is 4.90 Å². The van der Waals surface area contributed by atoms with E-state index in [1.54, 1.807) is 0 Å². The Bertz CT molecular complexity index is 3150. The van der Waals surface area contributed by atoms with Crippen molar-refractivity contribution in [2.24, 2.45) is 0 Å². The fourth-order valence-electron chi connectivity index (χ4n) is 9.63. The van der Waals surface area contributed by atoms with Gasteiger partial charge in [-0.1, -0.05) is 129 Å².